The first-order valence-corrected chi connectivity index (χ1v) is 8.56. The average molecular weight is 371 g/mol. The molecular weight excluding hydrogens is 351 g/mol. The van der Waals surface area contributed by atoms with E-state index in [4.69, 9.17) is 4.98 Å². The Morgan fingerprint density at radius 3 is 2.67 bits per heavy atom. The maximum absolute atomic E-state index is 13.7. The Morgan fingerprint density at radius 2 is 2.10 bits per heavy atom. The second-order valence-electron chi connectivity index (χ2n) is 6.06. The molecule has 21 heavy (non-hydrogen) atoms. The van der Waals surface area contributed by atoms with Crippen molar-refractivity contribution in [3.8, 4) is 0 Å². The predicted octanol–water partition coefficient (Wildman–Crippen LogP) is 4.85. The number of halogens is 2. The molecule has 0 aliphatic heterocycles. The molecule has 0 fully saturated rings. The van der Waals surface area contributed by atoms with Gasteiger partial charge in [0.2, 0.25) is 0 Å². The lowest BCUT2D eigenvalue weighted by atomic mass is 9.93. The summed E-state index contributed by atoms with van der Waals surface area (Å²) in [4.78, 5) is 4.72. The van der Waals surface area contributed by atoms with E-state index >= 15 is 0 Å². The molecule has 1 aromatic carbocycles. The molecular formula is C16H20BrFN2S. The first-order chi connectivity index (χ1) is 9.82. The van der Waals surface area contributed by atoms with E-state index in [2.05, 4.69) is 47.4 Å². The molecule has 2 nitrogen and oxygen atoms in total. The summed E-state index contributed by atoms with van der Waals surface area (Å²) in [7, 11) is 1.89. The van der Waals surface area contributed by atoms with E-state index in [0.29, 0.717) is 4.47 Å². The molecule has 0 spiro atoms. The normalized spacial score (nSPS) is 13.4. The number of nitrogens with zero attached hydrogens (tertiary/aromatic N) is 1. The van der Waals surface area contributed by atoms with E-state index in [1.165, 1.54) is 6.07 Å². The summed E-state index contributed by atoms with van der Waals surface area (Å²) in [6.45, 7) is 6.47. The van der Waals surface area contributed by atoms with Gasteiger partial charge in [-0.2, -0.15) is 0 Å². The van der Waals surface area contributed by atoms with Crippen LogP contribution >= 0.6 is 27.3 Å². The van der Waals surface area contributed by atoms with Crippen LogP contribution in [0.25, 0.3) is 0 Å². The van der Waals surface area contributed by atoms with Gasteiger partial charge in [0.1, 0.15) is 5.82 Å². The molecule has 0 saturated heterocycles. The van der Waals surface area contributed by atoms with E-state index in [1.54, 1.807) is 17.4 Å². The van der Waals surface area contributed by atoms with Crippen LogP contribution in [0.3, 0.4) is 0 Å². The minimum Gasteiger partial charge on any atom is -0.313 e. The Bertz CT molecular complexity index is 619. The topological polar surface area (TPSA) is 24.9 Å². The molecule has 0 aliphatic rings. The quantitative estimate of drug-likeness (QED) is 0.832. The Morgan fingerprint density at radius 1 is 1.38 bits per heavy atom. The summed E-state index contributed by atoms with van der Waals surface area (Å²) in [6.07, 6.45) is 0.749. The molecule has 1 N–H and O–H groups in total. The van der Waals surface area contributed by atoms with Crippen LogP contribution < -0.4 is 5.32 Å². The van der Waals surface area contributed by atoms with E-state index in [0.717, 1.165) is 22.7 Å². The number of nitrogens with one attached hydrogen (secondary N) is 1. The maximum Gasteiger partial charge on any atom is 0.137 e. The zero-order chi connectivity index (χ0) is 15.6. The number of thiazole rings is 1. The van der Waals surface area contributed by atoms with Crippen LogP contribution in [-0.2, 0) is 11.8 Å². The van der Waals surface area contributed by atoms with Gasteiger partial charge in [0.15, 0.2) is 0 Å². The number of aromatic nitrogens is 1. The van der Waals surface area contributed by atoms with Crippen LogP contribution in [0.4, 0.5) is 4.39 Å². The fourth-order valence-electron chi connectivity index (χ4n) is 2.08. The van der Waals surface area contributed by atoms with Gasteiger partial charge in [0.25, 0.3) is 0 Å². The van der Waals surface area contributed by atoms with E-state index in [9.17, 15) is 4.39 Å². The molecule has 1 unspecified atom stereocenters. The first-order valence-electron chi connectivity index (χ1n) is 6.89. The lowest BCUT2D eigenvalue weighted by molar-refractivity contribution is 0.554. The molecule has 0 radical (unpaired) electrons. The standard InChI is InChI=1S/C16H20BrFN2S/c1-16(2,3)13-9-21-14(20-13)8-12(19-4)10-6-5-7-11(18)15(10)17/h5-7,9,12,19H,8H2,1-4H3. The summed E-state index contributed by atoms with van der Waals surface area (Å²) >= 11 is 5.00. The number of hydrogen-bond acceptors (Lipinski definition) is 3. The smallest absolute Gasteiger partial charge is 0.137 e. The van der Waals surface area contributed by atoms with Crippen molar-refractivity contribution >= 4 is 27.3 Å². The van der Waals surface area contributed by atoms with Crippen molar-refractivity contribution in [2.75, 3.05) is 7.05 Å². The van der Waals surface area contributed by atoms with Crippen LogP contribution in [0.2, 0.25) is 0 Å². The largest absolute Gasteiger partial charge is 0.313 e. The maximum atomic E-state index is 13.7. The highest BCUT2D eigenvalue weighted by atomic mass is 79.9. The monoisotopic (exact) mass is 370 g/mol. The fraction of sp³-hybridized carbons (Fsp3) is 0.438. The van der Waals surface area contributed by atoms with Crippen LogP contribution in [0, 0.1) is 5.82 Å². The van der Waals surface area contributed by atoms with Crippen molar-refractivity contribution < 1.29 is 4.39 Å². The molecule has 1 aromatic heterocycles. The van der Waals surface area contributed by atoms with Crippen LogP contribution in [0.1, 0.15) is 43.1 Å². The van der Waals surface area contributed by atoms with Gasteiger partial charge in [-0.05, 0) is 34.6 Å². The van der Waals surface area contributed by atoms with Crippen LogP contribution in [0.15, 0.2) is 28.1 Å². The van der Waals surface area contributed by atoms with Crippen molar-refractivity contribution in [1.29, 1.82) is 0 Å². The first kappa shape index (κ1) is 16.6. The van der Waals surface area contributed by atoms with Crippen molar-refractivity contribution in [3.63, 3.8) is 0 Å². The van der Waals surface area contributed by atoms with Gasteiger partial charge < -0.3 is 5.32 Å². The third-order valence-electron chi connectivity index (χ3n) is 3.40. The van der Waals surface area contributed by atoms with E-state index < -0.39 is 0 Å². The molecule has 0 saturated carbocycles. The second-order valence-corrected chi connectivity index (χ2v) is 7.80. The van der Waals surface area contributed by atoms with Gasteiger partial charge in [-0.3, -0.25) is 0 Å². The highest BCUT2D eigenvalue weighted by molar-refractivity contribution is 9.10. The van der Waals surface area contributed by atoms with Crippen molar-refractivity contribution in [1.82, 2.24) is 10.3 Å². The van der Waals surface area contributed by atoms with Gasteiger partial charge in [-0.1, -0.05) is 32.9 Å². The molecule has 1 heterocycles. The van der Waals surface area contributed by atoms with Gasteiger partial charge in [-0.15, -0.1) is 11.3 Å². The molecule has 0 bridgehead atoms. The number of rotatable bonds is 4. The fourth-order valence-corrected chi connectivity index (χ4v) is 3.69. The van der Waals surface area contributed by atoms with Gasteiger partial charge in [0, 0.05) is 23.3 Å². The number of hydrogen-bond donors (Lipinski definition) is 1. The molecule has 0 aliphatic carbocycles. The van der Waals surface area contributed by atoms with Crippen LogP contribution in [0.5, 0.6) is 0 Å². The minimum atomic E-state index is -0.234. The summed E-state index contributed by atoms with van der Waals surface area (Å²) in [5.41, 5.74) is 2.09. The molecule has 114 valence electrons. The summed E-state index contributed by atoms with van der Waals surface area (Å²) in [5, 5.41) is 6.43. The highest BCUT2D eigenvalue weighted by Crippen LogP contribution is 2.30. The number of likely N-dealkylation sites (N-methyl/N-ethyl adjacent to an activating group) is 1. The second kappa shape index (κ2) is 6.55. The third kappa shape index (κ3) is 3.90. The van der Waals surface area contributed by atoms with E-state index in [-0.39, 0.29) is 17.3 Å². The summed E-state index contributed by atoms with van der Waals surface area (Å²) in [5.74, 6) is -0.234. The molecule has 2 aromatic rings. The average Bonchev–Trinajstić information content (AvgIpc) is 2.88. The molecule has 2 rings (SSSR count). The highest BCUT2D eigenvalue weighted by Gasteiger charge is 2.20. The van der Waals surface area contributed by atoms with Crippen molar-refractivity contribution in [3.05, 3.63) is 50.1 Å². The molecule has 1 atom stereocenters. The molecule has 0 amide bonds. The predicted molar refractivity (Wildman–Crippen MR) is 90.4 cm³/mol. The summed E-state index contributed by atoms with van der Waals surface area (Å²) in [6, 6.07) is 5.17. The SMILES string of the molecule is CNC(Cc1nc(C(C)(C)C)cs1)c1cccc(F)c1Br. The van der Waals surface area contributed by atoms with Crippen molar-refractivity contribution in [2.24, 2.45) is 0 Å². The summed E-state index contributed by atoms with van der Waals surface area (Å²) < 4.78 is 14.2. The zero-order valence-electron chi connectivity index (χ0n) is 12.7. The lowest BCUT2D eigenvalue weighted by Crippen LogP contribution is -2.20. The number of benzene rings is 1. The Kier molecular flexibility index (Phi) is 5.17. The van der Waals surface area contributed by atoms with Gasteiger partial charge in [0.05, 0.1) is 15.2 Å². The van der Waals surface area contributed by atoms with Crippen LogP contribution in [-0.4, -0.2) is 12.0 Å². The third-order valence-corrected chi connectivity index (χ3v) is 5.11. The van der Waals surface area contributed by atoms with Gasteiger partial charge in [-0.25, -0.2) is 9.37 Å². The van der Waals surface area contributed by atoms with Gasteiger partial charge >= 0.3 is 0 Å². The van der Waals surface area contributed by atoms with E-state index in [1.807, 2.05) is 13.1 Å². The zero-order valence-corrected chi connectivity index (χ0v) is 15.1. The molecule has 5 heteroatoms. The Balaban J connectivity index is 2.23. The lowest BCUT2D eigenvalue weighted by Gasteiger charge is -2.18. The van der Waals surface area contributed by atoms with Crippen molar-refractivity contribution in [2.45, 2.75) is 38.6 Å². The minimum absolute atomic E-state index is 0.0362. The Labute approximate surface area is 137 Å². The Hall–Kier alpha value is -0.780.